The largest absolute Gasteiger partial charge is 0.489 e. The van der Waals surface area contributed by atoms with Crippen molar-refractivity contribution < 1.29 is 22.7 Å². The van der Waals surface area contributed by atoms with E-state index in [1.54, 1.807) is 30.3 Å². The zero-order chi connectivity index (χ0) is 15.3. The van der Waals surface area contributed by atoms with E-state index in [1.807, 2.05) is 0 Å². The first-order valence-electron chi connectivity index (χ1n) is 6.75. The van der Waals surface area contributed by atoms with Crippen molar-refractivity contribution in [3.05, 3.63) is 35.9 Å². The lowest BCUT2D eigenvalue weighted by atomic mass is 10.2. The third-order valence-corrected chi connectivity index (χ3v) is 3.30. The van der Waals surface area contributed by atoms with Gasteiger partial charge in [0.1, 0.15) is 6.61 Å². The molecule has 0 aromatic heterocycles. The molecule has 0 spiro atoms. The third kappa shape index (κ3) is 4.63. The monoisotopic (exact) mass is 302 g/mol. The lowest BCUT2D eigenvalue weighted by Gasteiger charge is -2.26. The second-order valence-corrected chi connectivity index (χ2v) is 4.91. The standard InChI is InChI=1S/C14H17F3N2O2/c15-14(16,17)19(9-12-7-4-8-18-12)13(20)21-10-11-5-2-1-3-6-11/h1-3,5-6,12,18H,4,7-10H2. The van der Waals surface area contributed by atoms with E-state index in [4.69, 9.17) is 4.74 Å². The Hall–Kier alpha value is -1.76. The van der Waals surface area contributed by atoms with E-state index in [2.05, 4.69) is 5.32 Å². The van der Waals surface area contributed by atoms with E-state index in [0.717, 1.165) is 6.42 Å². The Labute approximate surface area is 120 Å². The highest BCUT2D eigenvalue weighted by Gasteiger charge is 2.43. The number of nitrogens with zero attached hydrogens (tertiary/aromatic N) is 1. The van der Waals surface area contributed by atoms with Gasteiger partial charge in [-0.2, -0.15) is 0 Å². The van der Waals surface area contributed by atoms with Crippen LogP contribution in [0, 0.1) is 0 Å². The van der Waals surface area contributed by atoms with Crippen molar-refractivity contribution in [1.82, 2.24) is 10.2 Å². The van der Waals surface area contributed by atoms with Gasteiger partial charge in [0.2, 0.25) is 0 Å². The molecule has 1 aromatic rings. The molecule has 1 amide bonds. The highest BCUT2D eigenvalue weighted by molar-refractivity contribution is 5.68. The van der Waals surface area contributed by atoms with Crippen LogP contribution < -0.4 is 5.32 Å². The molecule has 0 radical (unpaired) electrons. The van der Waals surface area contributed by atoms with E-state index < -0.39 is 18.9 Å². The van der Waals surface area contributed by atoms with Gasteiger partial charge in [-0.15, -0.1) is 13.2 Å². The molecular formula is C14H17F3N2O2. The van der Waals surface area contributed by atoms with Gasteiger partial charge in [0, 0.05) is 12.6 Å². The maximum atomic E-state index is 12.9. The summed E-state index contributed by atoms with van der Waals surface area (Å²) in [5.74, 6) is 0. The highest BCUT2D eigenvalue weighted by Crippen LogP contribution is 2.24. The second-order valence-electron chi connectivity index (χ2n) is 4.91. The Morgan fingerprint density at radius 2 is 2.05 bits per heavy atom. The van der Waals surface area contributed by atoms with Crippen molar-refractivity contribution >= 4 is 6.09 Å². The summed E-state index contributed by atoms with van der Waals surface area (Å²) < 4.78 is 43.6. The SMILES string of the molecule is O=C(OCc1ccccc1)N(CC1CCCN1)C(F)(F)F. The van der Waals surface area contributed by atoms with Crippen LogP contribution in [0.25, 0.3) is 0 Å². The van der Waals surface area contributed by atoms with Crippen LogP contribution >= 0.6 is 0 Å². The van der Waals surface area contributed by atoms with Crippen LogP contribution in [-0.4, -0.2) is 36.4 Å². The fraction of sp³-hybridized carbons (Fsp3) is 0.500. The maximum absolute atomic E-state index is 12.9. The van der Waals surface area contributed by atoms with Crippen LogP contribution in [0.2, 0.25) is 0 Å². The van der Waals surface area contributed by atoms with Crippen LogP contribution in [0.4, 0.5) is 18.0 Å². The van der Waals surface area contributed by atoms with Crippen molar-refractivity contribution in [2.45, 2.75) is 31.8 Å². The van der Waals surface area contributed by atoms with Crippen molar-refractivity contribution in [3.63, 3.8) is 0 Å². The topological polar surface area (TPSA) is 41.6 Å². The fourth-order valence-corrected chi connectivity index (χ4v) is 2.21. The van der Waals surface area contributed by atoms with E-state index in [0.29, 0.717) is 18.5 Å². The Balaban J connectivity index is 1.94. The van der Waals surface area contributed by atoms with Crippen LogP contribution in [0.1, 0.15) is 18.4 Å². The zero-order valence-corrected chi connectivity index (χ0v) is 11.4. The van der Waals surface area contributed by atoms with E-state index >= 15 is 0 Å². The molecule has 0 aliphatic carbocycles. The molecule has 1 unspecified atom stereocenters. The zero-order valence-electron chi connectivity index (χ0n) is 11.4. The van der Waals surface area contributed by atoms with Gasteiger partial charge in [0.05, 0.1) is 0 Å². The molecule has 1 aliphatic rings. The number of carbonyl (C=O) groups is 1. The molecule has 1 fully saturated rings. The molecule has 1 heterocycles. The number of ether oxygens (including phenoxy) is 1. The molecule has 1 atom stereocenters. The third-order valence-electron chi connectivity index (χ3n) is 3.30. The smallest absolute Gasteiger partial charge is 0.444 e. The van der Waals surface area contributed by atoms with Gasteiger partial charge in [-0.1, -0.05) is 30.3 Å². The molecule has 0 bridgehead atoms. The Bertz CT molecular complexity index is 459. The Morgan fingerprint density at radius 3 is 2.62 bits per heavy atom. The van der Waals surface area contributed by atoms with Crippen LogP contribution in [-0.2, 0) is 11.3 Å². The summed E-state index contributed by atoms with van der Waals surface area (Å²) in [6, 6.07) is 8.27. The predicted molar refractivity (Wildman–Crippen MR) is 70.4 cm³/mol. The second kappa shape index (κ2) is 6.80. The summed E-state index contributed by atoms with van der Waals surface area (Å²) in [5, 5.41) is 2.94. The summed E-state index contributed by atoms with van der Waals surface area (Å²) in [4.78, 5) is 11.5. The Morgan fingerprint density at radius 1 is 1.33 bits per heavy atom. The van der Waals surface area contributed by atoms with Gasteiger partial charge in [0.25, 0.3) is 0 Å². The first kappa shape index (κ1) is 15.6. The van der Waals surface area contributed by atoms with Gasteiger partial charge in [0.15, 0.2) is 0 Å². The molecule has 2 rings (SSSR count). The highest BCUT2D eigenvalue weighted by atomic mass is 19.4. The molecule has 1 N–H and O–H groups in total. The van der Waals surface area contributed by atoms with Crippen molar-refractivity contribution in [2.24, 2.45) is 0 Å². The first-order valence-corrected chi connectivity index (χ1v) is 6.75. The summed E-state index contributed by atoms with van der Waals surface area (Å²) in [6.45, 7) is 0.0803. The van der Waals surface area contributed by atoms with Crippen LogP contribution in [0.5, 0.6) is 0 Å². The quantitative estimate of drug-likeness (QED) is 0.870. The number of carbonyl (C=O) groups excluding carboxylic acids is 1. The molecule has 1 saturated heterocycles. The average molecular weight is 302 g/mol. The van der Waals surface area contributed by atoms with Crippen LogP contribution in [0.3, 0.4) is 0 Å². The molecule has 21 heavy (non-hydrogen) atoms. The van der Waals surface area contributed by atoms with Crippen LogP contribution in [0.15, 0.2) is 30.3 Å². The van der Waals surface area contributed by atoms with E-state index in [1.165, 1.54) is 0 Å². The van der Waals surface area contributed by atoms with Gasteiger partial charge < -0.3 is 10.1 Å². The number of hydrogen-bond donors (Lipinski definition) is 1. The fourth-order valence-electron chi connectivity index (χ4n) is 2.21. The normalized spacial score (nSPS) is 18.5. The Kier molecular flexibility index (Phi) is 5.06. The van der Waals surface area contributed by atoms with Crippen molar-refractivity contribution in [2.75, 3.05) is 13.1 Å². The predicted octanol–water partition coefficient (Wildman–Crippen LogP) is 2.90. The van der Waals surface area contributed by atoms with E-state index in [9.17, 15) is 18.0 Å². The number of halogens is 3. The molecule has 116 valence electrons. The molecule has 7 heteroatoms. The number of rotatable bonds is 4. The maximum Gasteiger partial charge on any atom is 0.489 e. The molecule has 0 saturated carbocycles. The molecule has 1 aliphatic heterocycles. The van der Waals surface area contributed by atoms with E-state index in [-0.39, 0.29) is 17.5 Å². The van der Waals surface area contributed by atoms with Gasteiger partial charge in [-0.05, 0) is 24.9 Å². The van der Waals surface area contributed by atoms with Gasteiger partial charge in [-0.3, -0.25) is 0 Å². The molecular weight excluding hydrogens is 285 g/mol. The summed E-state index contributed by atoms with van der Waals surface area (Å²) in [7, 11) is 0. The summed E-state index contributed by atoms with van der Waals surface area (Å²) in [5.41, 5.74) is 0.645. The average Bonchev–Trinajstić information content (AvgIpc) is 2.95. The summed E-state index contributed by atoms with van der Waals surface area (Å²) >= 11 is 0. The lowest BCUT2D eigenvalue weighted by molar-refractivity contribution is -0.231. The minimum atomic E-state index is -4.74. The van der Waals surface area contributed by atoms with Crippen molar-refractivity contribution in [1.29, 1.82) is 0 Å². The van der Waals surface area contributed by atoms with Gasteiger partial charge in [-0.25, -0.2) is 9.69 Å². The number of alkyl halides is 3. The minimum absolute atomic E-state index is 0.168. The lowest BCUT2D eigenvalue weighted by Crippen LogP contribution is -2.49. The number of amides is 1. The number of hydrogen-bond acceptors (Lipinski definition) is 3. The van der Waals surface area contributed by atoms with Gasteiger partial charge >= 0.3 is 12.4 Å². The minimum Gasteiger partial charge on any atom is -0.444 e. The summed E-state index contributed by atoms with van der Waals surface area (Å²) in [6.07, 6.45) is -4.66. The molecule has 1 aromatic carbocycles. The van der Waals surface area contributed by atoms with Crippen molar-refractivity contribution in [3.8, 4) is 0 Å². The number of nitrogens with one attached hydrogen (secondary N) is 1. The first-order chi connectivity index (χ1) is 9.97. The number of benzene rings is 1. The molecule has 4 nitrogen and oxygen atoms in total.